The fraction of sp³-hybridized carbons (Fsp3) is 0.500. The number of hydrogen-bond donors (Lipinski definition) is 1. The predicted molar refractivity (Wildman–Crippen MR) is 75.3 cm³/mol. The minimum absolute atomic E-state index is 0.0114. The quantitative estimate of drug-likeness (QED) is 0.926. The van der Waals surface area contributed by atoms with Crippen LogP contribution in [0, 0.1) is 0 Å². The predicted octanol–water partition coefficient (Wildman–Crippen LogP) is 2.53. The maximum atomic E-state index is 5.92. The Morgan fingerprint density at radius 3 is 2.40 bits per heavy atom. The fourth-order valence-electron chi connectivity index (χ4n) is 3.27. The van der Waals surface area contributed by atoms with E-state index >= 15 is 0 Å². The highest BCUT2D eigenvalue weighted by Gasteiger charge is 2.51. The summed E-state index contributed by atoms with van der Waals surface area (Å²) in [5.74, 6) is 1.60. The minimum Gasteiger partial charge on any atom is -0.339 e. The summed E-state index contributed by atoms with van der Waals surface area (Å²) in [5, 5.41) is 4.28. The first-order valence-electron chi connectivity index (χ1n) is 7.39. The Morgan fingerprint density at radius 1 is 1.10 bits per heavy atom. The van der Waals surface area contributed by atoms with E-state index in [1.54, 1.807) is 0 Å². The van der Waals surface area contributed by atoms with Gasteiger partial charge in [-0.3, -0.25) is 0 Å². The van der Waals surface area contributed by atoms with Gasteiger partial charge in [0.15, 0.2) is 5.82 Å². The lowest BCUT2D eigenvalue weighted by molar-refractivity contribution is 0.181. The van der Waals surface area contributed by atoms with Gasteiger partial charge in [0.25, 0.3) is 0 Å². The van der Waals surface area contributed by atoms with Gasteiger partial charge in [-0.15, -0.1) is 0 Å². The highest BCUT2D eigenvalue weighted by Crippen LogP contribution is 2.53. The van der Waals surface area contributed by atoms with E-state index in [-0.39, 0.29) is 10.8 Å². The molecule has 104 valence electrons. The first kappa shape index (κ1) is 12.1. The standard InChI is InChI=1S/C16H19N3O/c17-11-15(7-4-8-15)14-18-13(19-20-14)16(9-10-16)12-5-2-1-3-6-12/h1-3,5-6H,4,7-11,17H2. The van der Waals surface area contributed by atoms with Crippen molar-refractivity contribution in [2.75, 3.05) is 6.54 Å². The van der Waals surface area contributed by atoms with Crippen molar-refractivity contribution in [2.24, 2.45) is 5.73 Å². The lowest BCUT2D eigenvalue weighted by Gasteiger charge is -2.36. The van der Waals surface area contributed by atoms with E-state index in [1.165, 1.54) is 12.0 Å². The van der Waals surface area contributed by atoms with Crippen molar-refractivity contribution in [3.8, 4) is 0 Å². The molecule has 2 aliphatic rings. The number of nitrogens with two attached hydrogens (primary N) is 1. The molecule has 2 saturated carbocycles. The highest BCUT2D eigenvalue weighted by molar-refractivity contribution is 5.39. The molecule has 4 heteroatoms. The zero-order valence-corrected chi connectivity index (χ0v) is 11.5. The smallest absolute Gasteiger partial charge is 0.234 e. The first-order chi connectivity index (χ1) is 9.79. The van der Waals surface area contributed by atoms with E-state index in [1.807, 2.05) is 6.07 Å². The Kier molecular flexibility index (Phi) is 2.51. The van der Waals surface area contributed by atoms with Gasteiger partial charge in [-0.2, -0.15) is 4.98 Å². The Bertz CT molecular complexity index is 606. The molecule has 1 aromatic carbocycles. The fourth-order valence-corrected chi connectivity index (χ4v) is 3.27. The van der Waals surface area contributed by atoms with Gasteiger partial charge in [-0.25, -0.2) is 0 Å². The summed E-state index contributed by atoms with van der Waals surface area (Å²) >= 11 is 0. The molecule has 0 spiro atoms. The van der Waals surface area contributed by atoms with Crippen LogP contribution in [0.15, 0.2) is 34.9 Å². The normalized spacial score (nSPS) is 22.2. The summed E-state index contributed by atoms with van der Waals surface area (Å²) in [6, 6.07) is 10.5. The van der Waals surface area contributed by atoms with Crippen LogP contribution in [0.25, 0.3) is 0 Å². The molecule has 0 saturated heterocycles. The largest absolute Gasteiger partial charge is 0.339 e. The van der Waals surface area contributed by atoms with E-state index in [0.29, 0.717) is 6.54 Å². The van der Waals surface area contributed by atoms with Gasteiger partial charge in [0.1, 0.15) is 0 Å². The lowest BCUT2D eigenvalue weighted by atomic mass is 9.69. The average molecular weight is 269 g/mol. The summed E-state index contributed by atoms with van der Waals surface area (Å²) in [6.45, 7) is 0.604. The van der Waals surface area contributed by atoms with Gasteiger partial charge in [-0.05, 0) is 31.2 Å². The molecule has 2 aliphatic carbocycles. The van der Waals surface area contributed by atoms with E-state index < -0.39 is 0 Å². The topological polar surface area (TPSA) is 64.9 Å². The summed E-state index contributed by atoms with van der Waals surface area (Å²) in [5.41, 5.74) is 7.16. The summed E-state index contributed by atoms with van der Waals surface area (Å²) < 4.78 is 5.57. The molecule has 0 radical (unpaired) electrons. The van der Waals surface area contributed by atoms with Crippen LogP contribution in [0.3, 0.4) is 0 Å². The van der Waals surface area contributed by atoms with E-state index in [2.05, 4.69) is 29.4 Å². The monoisotopic (exact) mass is 269 g/mol. The molecule has 0 aliphatic heterocycles. The molecule has 2 fully saturated rings. The van der Waals surface area contributed by atoms with Gasteiger partial charge < -0.3 is 10.3 Å². The minimum atomic E-state index is -0.0436. The first-order valence-corrected chi connectivity index (χ1v) is 7.39. The van der Waals surface area contributed by atoms with E-state index in [4.69, 9.17) is 15.2 Å². The molecule has 0 bridgehead atoms. The third-order valence-corrected chi connectivity index (χ3v) is 5.09. The van der Waals surface area contributed by atoms with Crippen molar-refractivity contribution in [1.82, 2.24) is 10.1 Å². The SMILES string of the molecule is NCC1(c2nc(C3(c4ccccc4)CC3)no2)CCC1. The van der Waals surface area contributed by atoms with E-state index in [0.717, 1.165) is 37.4 Å². The maximum Gasteiger partial charge on any atom is 0.234 e. The second kappa shape index (κ2) is 4.16. The summed E-state index contributed by atoms with van der Waals surface area (Å²) in [4.78, 5) is 4.73. The van der Waals surface area contributed by atoms with Gasteiger partial charge in [0, 0.05) is 6.54 Å². The number of nitrogens with zero attached hydrogens (tertiary/aromatic N) is 2. The molecule has 4 nitrogen and oxygen atoms in total. The van der Waals surface area contributed by atoms with Crippen molar-refractivity contribution in [3.63, 3.8) is 0 Å². The van der Waals surface area contributed by atoms with Crippen molar-refractivity contribution in [3.05, 3.63) is 47.6 Å². The Morgan fingerprint density at radius 2 is 1.85 bits per heavy atom. The van der Waals surface area contributed by atoms with Crippen molar-refractivity contribution in [1.29, 1.82) is 0 Å². The molecule has 0 amide bonds. The van der Waals surface area contributed by atoms with Crippen LogP contribution in [0.1, 0.15) is 49.4 Å². The second-order valence-corrected chi connectivity index (χ2v) is 6.21. The van der Waals surface area contributed by atoms with Crippen LogP contribution in [-0.2, 0) is 10.8 Å². The number of benzene rings is 1. The van der Waals surface area contributed by atoms with E-state index in [9.17, 15) is 0 Å². The molecular formula is C16H19N3O. The molecule has 2 N–H and O–H groups in total. The number of hydrogen-bond acceptors (Lipinski definition) is 4. The van der Waals surface area contributed by atoms with Crippen LogP contribution in [-0.4, -0.2) is 16.7 Å². The van der Waals surface area contributed by atoms with Gasteiger partial charge in [0.2, 0.25) is 5.89 Å². The molecule has 20 heavy (non-hydrogen) atoms. The number of rotatable bonds is 4. The maximum absolute atomic E-state index is 5.92. The lowest BCUT2D eigenvalue weighted by Crippen LogP contribution is -2.41. The summed E-state index contributed by atoms with van der Waals surface area (Å²) in [6.07, 6.45) is 5.56. The molecule has 1 heterocycles. The second-order valence-electron chi connectivity index (χ2n) is 6.21. The van der Waals surface area contributed by atoms with Crippen molar-refractivity contribution in [2.45, 2.75) is 42.9 Å². The molecule has 4 rings (SSSR count). The van der Waals surface area contributed by atoms with Crippen LogP contribution >= 0.6 is 0 Å². The van der Waals surface area contributed by atoms with Crippen LogP contribution in [0.5, 0.6) is 0 Å². The van der Waals surface area contributed by atoms with Crippen molar-refractivity contribution < 1.29 is 4.52 Å². The highest BCUT2D eigenvalue weighted by atomic mass is 16.5. The zero-order valence-electron chi connectivity index (χ0n) is 11.5. The van der Waals surface area contributed by atoms with Gasteiger partial charge in [-0.1, -0.05) is 41.9 Å². The summed E-state index contributed by atoms with van der Waals surface area (Å²) in [7, 11) is 0. The third kappa shape index (κ3) is 1.57. The molecule has 0 atom stereocenters. The Balaban J connectivity index is 1.69. The Labute approximate surface area is 118 Å². The zero-order chi connectivity index (χ0) is 13.6. The molecule has 2 aromatic rings. The van der Waals surface area contributed by atoms with Crippen LogP contribution in [0.4, 0.5) is 0 Å². The van der Waals surface area contributed by atoms with Gasteiger partial charge in [0.05, 0.1) is 10.8 Å². The van der Waals surface area contributed by atoms with Crippen LogP contribution in [0.2, 0.25) is 0 Å². The third-order valence-electron chi connectivity index (χ3n) is 5.09. The van der Waals surface area contributed by atoms with Gasteiger partial charge >= 0.3 is 0 Å². The average Bonchev–Trinajstić information content (AvgIpc) is 3.12. The molecule has 0 unspecified atom stereocenters. The molecule has 1 aromatic heterocycles. The molecular weight excluding hydrogens is 250 g/mol. The van der Waals surface area contributed by atoms with Crippen LogP contribution < -0.4 is 5.73 Å². The Hall–Kier alpha value is -1.68. The van der Waals surface area contributed by atoms with Crippen molar-refractivity contribution >= 4 is 0 Å². The number of aromatic nitrogens is 2.